The fourth-order valence-electron chi connectivity index (χ4n) is 2.11. The fraction of sp³-hybridized carbons (Fsp3) is 0.471. The molecule has 0 saturated carbocycles. The first-order chi connectivity index (χ1) is 9.46. The number of amides is 1. The van der Waals surface area contributed by atoms with Gasteiger partial charge in [0.2, 0.25) is 0 Å². The zero-order valence-corrected chi connectivity index (χ0v) is 13.7. The van der Waals surface area contributed by atoms with Gasteiger partial charge < -0.3 is 15.8 Å². The summed E-state index contributed by atoms with van der Waals surface area (Å²) in [4.78, 5) is 11.1. The van der Waals surface area contributed by atoms with E-state index in [1.807, 2.05) is 53.7 Å². The molecule has 0 aliphatic rings. The van der Waals surface area contributed by atoms with Crippen LogP contribution in [0.2, 0.25) is 0 Å². The van der Waals surface area contributed by atoms with Crippen molar-refractivity contribution in [2.75, 3.05) is 0 Å². The second-order valence-corrected chi connectivity index (χ2v) is 7.32. The second kappa shape index (κ2) is 6.00. The number of phenols is 1. The van der Waals surface area contributed by atoms with Crippen molar-refractivity contribution in [3.05, 3.63) is 40.1 Å². The van der Waals surface area contributed by atoms with Gasteiger partial charge in [-0.25, -0.2) is 4.79 Å². The fourth-order valence-corrected chi connectivity index (χ4v) is 2.11. The molecule has 3 N–H and O–H groups in total. The molecule has 4 heteroatoms. The van der Waals surface area contributed by atoms with Gasteiger partial charge in [-0.3, -0.25) is 0 Å². The lowest BCUT2D eigenvalue weighted by Crippen LogP contribution is -2.81. The molecule has 1 aromatic carbocycles. The summed E-state index contributed by atoms with van der Waals surface area (Å²) in [6.45, 7) is 12.2. The zero-order chi connectivity index (χ0) is 16.4. The van der Waals surface area contributed by atoms with Crippen LogP contribution in [0.15, 0.2) is 18.2 Å². The number of benzene rings is 1. The quantitative estimate of drug-likeness (QED) is 0.649. The van der Waals surface area contributed by atoms with E-state index in [2.05, 4.69) is 0 Å². The average molecular weight is 291 g/mol. The number of nitrogens with two attached hydrogens (primary N) is 1. The van der Waals surface area contributed by atoms with Gasteiger partial charge >= 0.3 is 5.91 Å². The number of hydrogen-bond donors (Lipinski definition) is 2. The SMILES string of the molecule is CC(C)(C)c1cc(C=CC(=O)[NH2+][O-])cc(C(C)(C)C)c1O. The van der Waals surface area contributed by atoms with Gasteiger partial charge in [0.25, 0.3) is 0 Å². The molecule has 0 radical (unpaired) electrons. The Labute approximate surface area is 126 Å². The van der Waals surface area contributed by atoms with E-state index < -0.39 is 5.91 Å². The summed E-state index contributed by atoms with van der Waals surface area (Å²) in [7, 11) is 0. The smallest absolute Gasteiger partial charge is 0.335 e. The third-order valence-electron chi connectivity index (χ3n) is 3.30. The molecule has 1 amide bonds. The van der Waals surface area contributed by atoms with Crippen molar-refractivity contribution in [2.24, 2.45) is 0 Å². The van der Waals surface area contributed by atoms with Crippen LogP contribution in [0.5, 0.6) is 5.75 Å². The largest absolute Gasteiger partial charge is 0.628 e. The number of primary amides is 1. The lowest BCUT2D eigenvalue weighted by molar-refractivity contribution is -0.494. The summed E-state index contributed by atoms with van der Waals surface area (Å²) in [6, 6.07) is 3.72. The Bertz CT molecular complexity index is 525. The highest BCUT2D eigenvalue weighted by Crippen LogP contribution is 2.39. The van der Waals surface area contributed by atoms with E-state index in [0.717, 1.165) is 16.7 Å². The van der Waals surface area contributed by atoms with E-state index in [-0.39, 0.29) is 16.3 Å². The Kier molecular flexibility index (Phi) is 4.97. The van der Waals surface area contributed by atoms with Gasteiger partial charge in [0, 0.05) is 17.2 Å². The molecule has 0 bridgehead atoms. The number of hydroxylamine groups is 1. The Morgan fingerprint density at radius 3 is 1.86 bits per heavy atom. The van der Waals surface area contributed by atoms with Crippen LogP contribution in [0, 0.1) is 5.21 Å². The van der Waals surface area contributed by atoms with E-state index >= 15 is 0 Å². The van der Waals surface area contributed by atoms with Crippen LogP contribution in [0.1, 0.15) is 58.2 Å². The van der Waals surface area contributed by atoms with Crippen LogP contribution in [-0.4, -0.2) is 11.0 Å². The molecule has 116 valence electrons. The third-order valence-corrected chi connectivity index (χ3v) is 3.30. The summed E-state index contributed by atoms with van der Waals surface area (Å²) in [5.41, 5.74) is 2.30. The normalized spacial score (nSPS) is 12.9. The van der Waals surface area contributed by atoms with Crippen LogP contribution in [0.25, 0.3) is 6.08 Å². The van der Waals surface area contributed by atoms with Crippen LogP contribution >= 0.6 is 0 Å². The third kappa shape index (κ3) is 4.41. The van der Waals surface area contributed by atoms with Crippen LogP contribution in [0.3, 0.4) is 0 Å². The molecule has 21 heavy (non-hydrogen) atoms. The first-order valence-electron chi connectivity index (χ1n) is 7.02. The van der Waals surface area contributed by atoms with Crippen molar-refractivity contribution in [1.29, 1.82) is 0 Å². The molecule has 0 unspecified atom stereocenters. The van der Waals surface area contributed by atoms with Crippen molar-refractivity contribution in [3.8, 4) is 5.75 Å². The number of carbonyl (C=O) groups excluding carboxylic acids is 1. The Morgan fingerprint density at radius 2 is 1.52 bits per heavy atom. The standard InChI is InChI=1S/C17H25NO3/c1-16(2,3)12-9-11(7-8-14(19)18-21)10-13(15(12)20)17(4,5)6/h7-10,20H,18H2,1-6H3. The molecule has 4 nitrogen and oxygen atoms in total. The topological polar surface area (TPSA) is 77.0 Å². The van der Waals surface area contributed by atoms with E-state index in [9.17, 15) is 15.1 Å². The molecule has 0 aromatic heterocycles. The monoisotopic (exact) mass is 291 g/mol. The van der Waals surface area contributed by atoms with Crippen molar-refractivity contribution >= 4 is 12.0 Å². The average Bonchev–Trinajstić information content (AvgIpc) is 2.34. The number of rotatable bonds is 2. The molecule has 0 heterocycles. The van der Waals surface area contributed by atoms with Crippen LogP contribution in [-0.2, 0) is 15.6 Å². The Morgan fingerprint density at radius 1 is 1.10 bits per heavy atom. The summed E-state index contributed by atoms with van der Waals surface area (Å²) >= 11 is 0. The first kappa shape index (κ1) is 17.4. The summed E-state index contributed by atoms with van der Waals surface area (Å²) in [6.07, 6.45) is 2.86. The van der Waals surface area contributed by atoms with Gasteiger partial charge in [-0.15, -0.1) is 0 Å². The maximum Gasteiger partial charge on any atom is 0.335 e. The number of carbonyl (C=O) groups is 1. The van der Waals surface area contributed by atoms with Crippen molar-refractivity contribution in [3.63, 3.8) is 0 Å². The summed E-state index contributed by atoms with van der Waals surface area (Å²) in [5, 5.41) is 21.0. The lowest BCUT2D eigenvalue weighted by Gasteiger charge is -2.27. The van der Waals surface area contributed by atoms with Gasteiger partial charge in [0.1, 0.15) is 5.75 Å². The molecule has 1 rings (SSSR count). The molecule has 0 spiro atoms. The van der Waals surface area contributed by atoms with Gasteiger partial charge in [-0.05, 0) is 34.6 Å². The van der Waals surface area contributed by atoms with Crippen molar-refractivity contribution in [1.82, 2.24) is 0 Å². The molecule has 0 aliphatic carbocycles. The summed E-state index contributed by atoms with van der Waals surface area (Å²) < 4.78 is 0. The maximum atomic E-state index is 11.1. The molecular weight excluding hydrogens is 266 g/mol. The summed E-state index contributed by atoms with van der Waals surface area (Å²) in [5.74, 6) is -0.272. The van der Waals surface area contributed by atoms with Gasteiger partial charge in [-0.1, -0.05) is 41.5 Å². The predicted molar refractivity (Wildman–Crippen MR) is 84.8 cm³/mol. The molecule has 1 aromatic rings. The molecule has 0 fully saturated rings. The Balaban J connectivity index is 3.48. The van der Waals surface area contributed by atoms with E-state index in [1.165, 1.54) is 6.08 Å². The highest BCUT2D eigenvalue weighted by Gasteiger charge is 2.26. The number of quaternary nitrogens is 1. The number of phenolic OH excluding ortho intramolecular Hbond substituents is 1. The molecule has 0 atom stereocenters. The Hall–Kier alpha value is -1.65. The van der Waals surface area contributed by atoms with Crippen LogP contribution < -0.4 is 5.48 Å². The first-order valence-corrected chi connectivity index (χ1v) is 7.02. The maximum absolute atomic E-state index is 11.1. The lowest BCUT2D eigenvalue weighted by atomic mass is 9.78. The highest BCUT2D eigenvalue weighted by atomic mass is 16.5. The van der Waals surface area contributed by atoms with E-state index in [0.29, 0.717) is 5.75 Å². The van der Waals surface area contributed by atoms with E-state index in [1.54, 1.807) is 6.08 Å². The van der Waals surface area contributed by atoms with Crippen LogP contribution in [0.4, 0.5) is 0 Å². The van der Waals surface area contributed by atoms with Gasteiger partial charge in [0.15, 0.2) is 0 Å². The highest BCUT2D eigenvalue weighted by molar-refractivity contribution is 5.84. The van der Waals surface area contributed by atoms with Crippen molar-refractivity contribution < 1.29 is 15.4 Å². The minimum Gasteiger partial charge on any atom is -0.628 e. The molecular formula is C17H25NO3. The van der Waals surface area contributed by atoms with Gasteiger partial charge in [0.05, 0.1) is 0 Å². The van der Waals surface area contributed by atoms with Crippen molar-refractivity contribution in [2.45, 2.75) is 52.4 Å². The molecule has 0 saturated heterocycles. The minimum absolute atomic E-state index is 0.220. The van der Waals surface area contributed by atoms with Gasteiger partial charge in [-0.2, -0.15) is 0 Å². The molecule has 0 aliphatic heterocycles. The number of aromatic hydroxyl groups is 1. The van der Waals surface area contributed by atoms with E-state index in [4.69, 9.17) is 0 Å². The second-order valence-electron chi connectivity index (χ2n) is 7.32. The predicted octanol–water partition coefficient (Wildman–Crippen LogP) is 2.59. The number of hydrogen-bond acceptors (Lipinski definition) is 3. The zero-order valence-electron chi connectivity index (χ0n) is 13.7. The minimum atomic E-state index is -0.572.